The van der Waals surface area contributed by atoms with E-state index in [1.54, 1.807) is 11.3 Å². The minimum absolute atomic E-state index is 0.354. The van der Waals surface area contributed by atoms with Gasteiger partial charge in [-0.2, -0.15) is 4.57 Å². The highest BCUT2D eigenvalue weighted by Gasteiger charge is 2.28. The van der Waals surface area contributed by atoms with Crippen LogP contribution in [0.1, 0.15) is 30.3 Å². The van der Waals surface area contributed by atoms with Crippen molar-refractivity contribution in [2.45, 2.75) is 26.3 Å². The lowest BCUT2D eigenvalue weighted by atomic mass is 10.0. The number of ether oxygens (including phenoxy) is 1. The number of aryl methyl sites for hydroxylation is 1. The van der Waals surface area contributed by atoms with Gasteiger partial charge in [-0.25, -0.2) is 17.9 Å². The van der Waals surface area contributed by atoms with Crippen LogP contribution in [0.4, 0.5) is 5.69 Å². The maximum Gasteiger partial charge on any atom is 0.341 e. The van der Waals surface area contributed by atoms with Crippen LogP contribution in [-0.4, -0.2) is 52.0 Å². The Kier molecular flexibility index (Phi) is 7.73. The molecular weight excluding hydrogens is 486 g/mol. The molecule has 0 aliphatic carbocycles. The van der Waals surface area contributed by atoms with Crippen LogP contribution in [0.3, 0.4) is 0 Å². The Labute approximate surface area is 209 Å². The molecular formula is C25H30N3O5S2+. The van der Waals surface area contributed by atoms with Crippen molar-refractivity contribution >= 4 is 54.9 Å². The summed E-state index contributed by atoms with van der Waals surface area (Å²) in [7, 11) is -3.19. The van der Waals surface area contributed by atoms with E-state index in [9.17, 15) is 13.2 Å². The number of carboxylic acids is 1. The maximum absolute atomic E-state index is 11.3. The first kappa shape index (κ1) is 25.2. The van der Waals surface area contributed by atoms with Gasteiger partial charge in [-0.1, -0.05) is 23.5 Å². The number of likely N-dealkylation sites (N-methyl/N-ethyl adjacent to an activating group) is 1. The van der Waals surface area contributed by atoms with Crippen LogP contribution >= 0.6 is 11.3 Å². The normalized spacial score (nSPS) is 14.7. The Morgan fingerprint density at radius 3 is 2.71 bits per heavy atom. The Morgan fingerprint density at radius 1 is 1.26 bits per heavy atom. The van der Waals surface area contributed by atoms with Gasteiger partial charge < -0.3 is 14.7 Å². The van der Waals surface area contributed by atoms with Crippen molar-refractivity contribution in [2.75, 3.05) is 37.4 Å². The van der Waals surface area contributed by atoms with E-state index in [1.807, 2.05) is 18.2 Å². The molecule has 0 unspecified atom stereocenters. The molecule has 2 heterocycles. The molecule has 3 aromatic rings. The number of nitrogens with zero attached hydrogens (tertiary/aromatic N) is 2. The van der Waals surface area contributed by atoms with Crippen LogP contribution in [-0.2, 0) is 21.4 Å². The molecule has 1 aliphatic rings. The highest BCUT2D eigenvalue weighted by atomic mass is 32.2. The Bertz CT molecular complexity index is 1350. The van der Waals surface area contributed by atoms with Gasteiger partial charge in [-0.05, 0) is 49.2 Å². The Balaban J connectivity index is 1.53. The van der Waals surface area contributed by atoms with Gasteiger partial charge in [0, 0.05) is 37.3 Å². The smallest absolute Gasteiger partial charge is 0.341 e. The second-order valence-corrected chi connectivity index (χ2v) is 11.3. The second kappa shape index (κ2) is 10.8. The van der Waals surface area contributed by atoms with Crippen molar-refractivity contribution in [1.82, 2.24) is 4.72 Å². The molecule has 0 spiro atoms. The average molecular weight is 517 g/mol. The number of aromatic nitrogens is 1. The molecule has 1 aromatic heterocycles. The highest BCUT2D eigenvalue weighted by molar-refractivity contribution is 7.88. The van der Waals surface area contributed by atoms with Gasteiger partial charge in [-0.3, -0.25) is 0 Å². The molecule has 0 amide bonds. The third-order valence-electron chi connectivity index (χ3n) is 5.86. The van der Waals surface area contributed by atoms with E-state index in [0.29, 0.717) is 18.8 Å². The van der Waals surface area contributed by atoms with Crippen molar-refractivity contribution in [2.24, 2.45) is 0 Å². The molecule has 0 bridgehead atoms. The average Bonchev–Trinajstić information content (AvgIpc) is 3.19. The quantitative estimate of drug-likeness (QED) is 0.401. The number of hydrogen-bond acceptors (Lipinski definition) is 6. The van der Waals surface area contributed by atoms with Crippen molar-refractivity contribution in [3.63, 3.8) is 0 Å². The summed E-state index contributed by atoms with van der Waals surface area (Å²) < 4.78 is 34.0. The first-order valence-corrected chi connectivity index (χ1v) is 14.3. The summed E-state index contributed by atoms with van der Waals surface area (Å²) in [6.45, 7) is 4.37. The number of fused-ring (bicyclic) bond motifs is 3. The molecule has 0 saturated carbocycles. The summed E-state index contributed by atoms with van der Waals surface area (Å²) in [6, 6.07) is 14.1. The molecule has 2 N–H and O–H groups in total. The molecule has 0 fully saturated rings. The molecule has 10 heteroatoms. The molecule has 2 aromatic carbocycles. The summed E-state index contributed by atoms with van der Waals surface area (Å²) in [5.41, 5.74) is 4.52. The van der Waals surface area contributed by atoms with Crippen molar-refractivity contribution in [3.05, 3.63) is 53.0 Å². The Morgan fingerprint density at radius 2 is 2.03 bits per heavy atom. The van der Waals surface area contributed by atoms with Gasteiger partial charge in [0.15, 0.2) is 13.2 Å². The number of carbonyl (C=O) groups is 1. The fourth-order valence-electron chi connectivity index (χ4n) is 4.25. The third-order valence-corrected chi connectivity index (χ3v) is 7.83. The number of hydrogen-bond donors (Lipinski definition) is 2. The number of sulfonamides is 1. The van der Waals surface area contributed by atoms with Crippen molar-refractivity contribution in [3.8, 4) is 5.75 Å². The van der Waals surface area contributed by atoms with Gasteiger partial charge in [0.25, 0.3) is 5.01 Å². The standard InChI is InChI=1S/C25H29N3O5S2/c1-3-27(14-12-26-35(2,31)32)20-8-6-18(7-9-20)15-19-5-4-13-28-22-16-21(33-17-24(29)30)10-11-23(22)34-25(19)28/h6-11,15-16,26H,3-5,12-14,17H2,1-2H3/p+1. The number of allylic oxidation sites excluding steroid dienone is 1. The zero-order chi connectivity index (χ0) is 25.0. The number of thiazole rings is 1. The molecule has 0 atom stereocenters. The molecule has 8 nitrogen and oxygen atoms in total. The van der Waals surface area contributed by atoms with E-state index in [-0.39, 0.29) is 6.61 Å². The molecule has 1 aliphatic heterocycles. The minimum Gasteiger partial charge on any atom is -0.482 e. The lowest BCUT2D eigenvalue weighted by molar-refractivity contribution is -0.672. The zero-order valence-corrected chi connectivity index (χ0v) is 21.5. The van der Waals surface area contributed by atoms with Gasteiger partial charge in [0.05, 0.1) is 12.3 Å². The first-order chi connectivity index (χ1) is 16.7. The highest BCUT2D eigenvalue weighted by Crippen LogP contribution is 2.34. The molecule has 0 radical (unpaired) electrons. The van der Waals surface area contributed by atoms with Crippen molar-refractivity contribution in [1.29, 1.82) is 0 Å². The number of anilines is 1. The number of benzene rings is 2. The van der Waals surface area contributed by atoms with Crippen LogP contribution in [0.2, 0.25) is 0 Å². The molecule has 4 rings (SSSR count). The van der Waals surface area contributed by atoms with E-state index in [4.69, 9.17) is 9.84 Å². The van der Waals surface area contributed by atoms with Crippen LogP contribution < -0.4 is 18.9 Å². The summed E-state index contributed by atoms with van der Waals surface area (Å²) in [5, 5.41) is 10.1. The summed E-state index contributed by atoms with van der Waals surface area (Å²) in [4.78, 5) is 13.0. The predicted octanol–water partition coefficient (Wildman–Crippen LogP) is 3.36. The summed E-state index contributed by atoms with van der Waals surface area (Å²) >= 11 is 1.74. The molecule has 186 valence electrons. The fraction of sp³-hybridized carbons (Fsp3) is 0.360. The Hall–Kier alpha value is -2.95. The van der Waals surface area contributed by atoms with E-state index in [2.05, 4.69) is 51.5 Å². The number of carboxylic acid groups (broad SMARTS) is 1. The van der Waals surface area contributed by atoms with Gasteiger partial charge in [0.1, 0.15) is 10.4 Å². The van der Waals surface area contributed by atoms with E-state index < -0.39 is 16.0 Å². The maximum atomic E-state index is 11.3. The SMILES string of the molecule is CCN(CCNS(C)(=O)=O)c1ccc(C=C2CCC[n+]3c2sc2ccc(OCC(=O)O)cc23)cc1. The number of nitrogens with one attached hydrogen (secondary N) is 1. The van der Waals surface area contributed by atoms with Crippen LogP contribution in [0.15, 0.2) is 42.5 Å². The van der Waals surface area contributed by atoms with Gasteiger partial charge >= 0.3 is 5.97 Å². The largest absolute Gasteiger partial charge is 0.482 e. The zero-order valence-electron chi connectivity index (χ0n) is 19.9. The number of aliphatic carboxylic acids is 1. The second-order valence-electron chi connectivity index (χ2n) is 8.48. The number of rotatable bonds is 10. The summed E-state index contributed by atoms with van der Waals surface area (Å²) in [6.07, 6.45) is 5.43. The van der Waals surface area contributed by atoms with E-state index >= 15 is 0 Å². The predicted molar refractivity (Wildman–Crippen MR) is 139 cm³/mol. The molecule has 35 heavy (non-hydrogen) atoms. The minimum atomic E-state index is -3.19. The lowest BCUT2D eigenvalue weighted by Crippen LogP contribution is -2.38. The van der Waals surface area contributed by atoms with Gasteiger partial charge in [-0.15, -0.1) is 0 Å². The van der Waals surface area contributed by atoms with Gasteiger partial charge in [0.2, 0.25) is 15.5 Å². The van der Waals surface area contributed by atoms with E-state index in [0.717, 1.165) is 47.4 Å². The van der Waals surface area contributed by atoms with Crippen LogP contribution in [0.5, 0.6) is 5.75 Å². The monoisotopic (exact) mass is 516 g/mol. The lowest BCUT2D eigenvalue weighted by Gasteiger charge is -2.23. The van der Waals surface area contributed by atoms with E-state index in [1.165, 1.54) is 16.8 Å². The molecule has 0 saturated heterocycles. The first-order valence-electron chi connectivity index (χ1n) is 11.5. The fourth-order valence-corrected chi connectivity index (χ4v) is 5.92. The third kappa shape index (κ3) is 6.39. The topological polar surface area (TPSA) is 99.8 Å². The van der Waals surface area contributed by atoms with Crippen molar-refractivity contribution < 1.29 is 27.6 Å². The summed E-state index contributed by atoms with van der Waals surface area (Å²) in [5.74, 6) is -0.430. The van der Waals surface area contributed by atoms with Crippen LogP contribution in [0, 0.1) is 0 Å². The van der Waals surface area contributed by atoms with Crippen LogP contribution in [0.25, 0.3) is 21.9 Å².